The first-order valence-electron chi connectivity index (χ1n) is 12.3. The minimum absolute atomic E-state index is 0.0915. The van der Waals surface area contributed by atoms with Crippen molar-refractivity contribution in [3.05, 3.63) is 77.7 Å². The first-order chi connectivity index (χ1) is 16.4. The van der Waals surface area contributed by atoms with Crippen molar-refractivity contribution < 1.29 is 8.98 Å². The molecule has 2 aromatic carbocycles. The Labute approximate surface area is 207 Å². The molecular weight excluding hydrogens is 430 g/mol. The van der Waals surface area contributed by atoms with Crippen LogP contribution in [0.1, 0.15) is 58.5 Å². The van der Waals surface area contributed by atoms with Gasteiger partial charge in [-0.25, -0.2) is 14.5 Å². The van der Waals surface area contributed by atoms with E-state index in [1.807, 2.05) is 6.07 Å². The van der Waals surface area contributed by atoms with Gasteiger partial charge in [-0.05, 0) is 30.7 Å². The number of hydrogen-bond donors (Lipinski definition) is 0. The van der Waals surface area contributed by atoms with Crippen LogP contribution >= 0.6 is 0 Å². The third kappa shape index (κ3) is 4.01. The predicted octanol–water partition coefficient (Wildman–Crippen LogP) is 7.44. The summed E-state index contributed by atoms with van der Waals surface area (Å²) in [6.45, 7) is 15.3. The molecule has 0 aliphatic heterocycles. The first kappa shape index (κ1) is 23.2. The van der Waals surface area contributed by atoms with Crippen LogP contribution in [0, 0.1) is 6.92 Å². The fourth-order valence-corrected chi connectivity index (χ4v) is 4.57. The minimum Gasteiger partial charge on any atom is -0.454 e. The summed E-state index contributed by atoms with van der Waals surface area (Å²) in [6, 6.07) is 19.0. The van der Waals surface area contributed by atoms with Gasteiger partial charge in [-0.15, -0.1) is 0 Å². The number of fused-ring (bicyclic) bond motifs is 3. The number of nitrogens with zero attached hydrogens (tertiary/aromatic N) is 3. The Morgan fingerprint density at radius 2 is 1.40 bits per heavy atom. The third-order valence-electron chi connectivity index (χ3n) is 6.69. The van der Waals surface area contributed by atoms with Crippen LogP contribution in [0.25, 0.3) is 44.6 Å². The molecule has 4 nitrogen and oxygen atoms in total. The third-order valence-corrected chi connectivity index (χ3v) is 6.69. The standard InChI is InChI=1S/C31H34N3O/c1-19-15-16-21-20-12-11-13-22(27(20)35-28(21)26(19)23-14-9-10-17-34(23)8)29-32-24(30(2,3)4)18-25(33-29)31(5,6)7/h9-18H,1-8H3/q+1. The summed E-state index contributed by atoms with van der Waals surface area (Å²) in [5.41, 5.74) is 7.97. The molecule has 0 saturated heterocycles. The number of benzene rings is 2. The lowest BCUT2D eigenvalue weighted by atomic mass is 9.86. The van der Waals surface area contributed by atoms with Gasteiger partial charge >= 0.3 is 0 Å². The molecule has 0 spiro atoms. The Morgan fingerprint density at radius 1 is 0.743 bits per heavy atom. The van der Waals surface area contributed by atoms with Gasteiger partial charge in [-0.1, -0.05) is 65.8 Å². The summed E-state index contributed by atoms with van der Waals surface area (Å²) in [6.07, 6.45) is 2.07. The largest absolute Gasteiger partial charge is 0.454 e. The van der Waals surface area contributed by atoms with Crippen LogP contribution in [0.3, 0.4) is 0 Å². The SMILES string of the molecule is Cc1ccc2c(oc3c(-c4nc(C(C)(C)C)cc(C(C)(C)C)n4)cccc32)c1-c1cccc[n+]1C. The van der Waals surface area contributed by atoms with Gasteiger partial charge in [0.05, 0.1) is 22.5 Å². The number of hydrogen-bond acceptors (Lipinski definition) is 3. The van der Waals surface area contributed by atoms with Crippen molar-refractivity contribution in [2.24, 2.45) is 7.05 Å². The lowest BCUT2D eigenvalue weighted by molar-refractivity contribution is -0.660. The number of para-hydroxylation sites is 1. The molecule has 0 radical (unpaired) electrons. The molecular formula is C31H34N3O+. The van der Waals surface area contributed by atoms with E-state index in [4.69, 9.17) is 14.4 Å². The van der Waals surface area contributed by atoms with E-state index in [0.29, 0.717) is 0 Å². The molecule has 3 heterocycles. The van der Waals surface area contributed by atoms with E-state index in [9.17, 15) is 0 Å². The van der Waals surface area contributed by atoms with E-state index in [-0.39, 0.29) is 10.8 Å². The molecule has 0 saturated carbocycles. The van der Waals surface area contributed by atoms with Crippen molar-refractivity contribution in [2.75, 3.05) is 0 Å². The Kier molecular flexibility index (Phi) is 5.32. The van der Waals surface area contributed by atoms with E-state index >= 15 is 0 Å². The van der Waals surface area contributed by atoms with Crippen molar-refractivity contribution in [3.8, 4) is 22.6 Å². The van der Waals surface area contributed by atoms with Gasteiger partial charge < -0.3 is 4.42 Å². The van der Waals surface area contributed by atoms with Crippen molar-refractivity contribution in [2.45, 2.75) is 59.3 Å². The average molecular weight is 465 g/mol. The van der Waals surface area contributed by atoms with Crippen molar-refractivity contribution in [3.63, 3.8) is 0 Å². The second kappa shape index (κ2) is 8.01. The Balaban J connectivity index is 1.84. The average Bonchev–Trinajstić information content (AvgIpc) is 3.17. The van der Waals surface area contributed by atoms with Crippen LogP contribution < -0.4 is 4.57 Å². The normalized spacial score (nSPS) is 12.6. The molecule has 0 bridgehead atoms. The molecule has 5 rings (SSSR count). The van der Waals surface area contributed by atoms with Gasteiger partial charge in [0.2, 0.25) is 5.69 Å². The lowest BCUT2D eigenvalue weighted by Gasteiger charge is -2.24. The smallest absolute Gasteiger partial charge is 0.216 e. The number of furan rings is 1. The number of aryl methyl sites for hydroxylation is 2. The van der Waals surface area contributed by atoms with Gasteiger partial charge in [-0.3, -0.25) is 0 Å². The minimum atomic E-state index is -0.0915. The van der Waals surface area contributed by atoms with Crippen LogP contribution in [0.15, 0.2) is 65.2 Å². The van der Waals surface area contributed by atoms with Crippen LogP contribution in [-0.4, -0.2) is 9.97 Å². The molecule has 4 heteroatoms. The Hall–Kier alpha value is -3.53. The first-order valence-corrected chi connectivity index (χ1v) is 12.3. The maximum atomic E-state index is 6.72. The summed E-state index contributed by atoms with van der Waals surface area (Å²) in [4.78, 5) is 10.1. The molecule has 0 N–H and O–H groups in total. The molecule has 0 fully saturated rings. The highest BCUT2D eigenvalue weighted by atomic mass is 16.3. The molecule has 0 unspecified atom stereocenters. The topological polar surface area (TPSA) is 42.8 Å². The molecule has 5 aromatic rings. The fraction of sp³-hybridized carbons (Fsp3) is 0.323. The highest BCUT2D eigenvalue weighted by molar-refractivity contribution is 6.12. The summed E-state index contributed by atoms with van der Waals surface area (Å²) in [5, 5.41) is 2.19. The summed E-state index contributed by atoms with van der Waals surface area (Å²) in [7, 11) is 2.07. The van der Waals surface area contributed by atoms with Crippen LogP contribution in [-0.2, 0) is 17.9 Å². The summed E-state index contributed by atoms with van der Waals surface area (Å²) < 4.78 is 8.86. The highest BCUT2D eigenvalue weighted by Crippen LogP contribution is 2.40. The predicted molar refractivity (Wildman–Crippen MR) is 143 cm³/mol. The molecule has 0 aliphatic rings. The highest BCUT2D eigenvalue weighted by Gasteiger charge is 2.26. The molecule has 0 aliphatic carbocycles. The Morgan fingerprint density at radius 3 is 2.03 bits per heavy atom. The number of pyridine rings is 1. The van der Waals surface area contributed by atoms with Crippen molar-refractivity contribution in [1.29, 1.82) is 0 Å². The van der Waals surface area contributed by atoms with Gasteiger partial charge in [0.1, 0.15) is 18.2 Å². The van der Waals surface area contributed by atoms with Gasteiger partial charge in [0.15, 0.2) is 12.0 Å². The fourth-order valence-electron chi connectivity index (χ4n) is 4.57. The van der Waals surface area contributed by atoms with Crippen LogP contribution in [0.4, 0.5) is 0 Å². The number of rotatable bonds is 2. The summed E-state index contributed by atoms with van der Waals surface area (Å²) >= 11 is 0. The molecule has 0 amide bonds. The van der Waals surface area contributed by atoms with E-state index in [1.54, 1.807) is 0 Å². The lowest BCUT2D eigenvalue weighted by Crippen LogP contribution is -2.30. The van der Waals surface area contributed by atoms with Gasteiger partial charge in [0, 0.05) is 33.7 Å². The van der Waals surface area contributed by atoms with E-state index in [2.05, 4.69) is 115 Å². The molecule has 178 valence electrons. The van der Waals surface area contributed by atoms with E-state index in [0.717, 1.165) is 56.0 Å². The molecule has 3 aromatic heterocycles. The second-order valence-electron chi connectivity index (χ2n) is 11.6. The summed E-state index contributed by atoms with van der Waals surface area (Å²) in [5.74, 6) is 0.718. The maximum Gasteiger partial charge on any atom is 0.216 e. The molecule has 35 heavy (non-hydrogen) atoms. The van der Waals surface area contributed by atoms with Crippen LogP contribution in [0.5, 0.6) is 0 Å². The zero-order valence-corrected chi connectivity index (χ0v) is 22.0. The van der Waals surface area contributed by atoms with E-state index < -0.39 is 0 Å². The van der Waals surface area contributed by atoms with Crippen molar-refractivity contribution >= 4 is 21.9 Å². The second-order valence-corrected chi connectivity index (χ2v) is 11.6. The van der Waals surface area contributed by atoms with Crippen LogP contribution in [0.2, 0.25) is 0 Å². The quantitative estimate of drug-likeness (QED) is 0.255. The zero-order chi connectivity index (χ0) is 25.1. The van der Waals surface area contributed by atoms with Gasteiger partial charge in [0.25, 0.3) is 0 Å². The van der Waals surface area contributed by atoms with E-state index in [1.165, 1.54) is 5.56 Å². The Bertz CT molecular complexity index is 1550. The monoisotopic (exact) mass is 464 g/mol. The van der Waals surface area contributed by atoms with Gasteiger partial charge in [-0.2, -0.15) is 0 Å². The van der Waals surface area contributed by atoms with Crippen molar-refractivity contribution in [1.82, 2.24) is 9.97 Å². The molecule has 0 atom stereocenters. The zero-order valence-electron chi connectivity index (χ0n) is 22.0. The number of aromatic nitrogens is 3. The maximum absolute atomic E-state index is 6.72.